The van der Waals surface area contributed by atoms with Crippen LogP contribution in [0.3, 0.4) is 0 Å². The van der Waals surface area contributed by atoms with Crippen LogP contribution in [-0.4, -0.2) is 22.8 Å². The molecule has 0 aliphatic carbocycles. The molecule has 5 nitrogen and oxygen atoms in total. The molecule has 0 saturated heterocycles. The third-order valence-corrected chi connectivity index (χ3v) is 2.32. The molecule has 0 unspecified atom stereocenters. The number of alkyl halides is 1. The number of pyridine rings is 1. The van der Waals surface area contributed by atoms with Gasteiger partial charge in [0.2, 0.25) is 6.17 Å². The zero-order valence-corrected chi connectivity index (χ0v) is 8.72. The van der Waals surface area contributed by atoms with Gasteiger partial charge >= 0.3 is 0 Å². The van der Waals surface area contributed by atoms with Gasteiger partial charge in [0.25, 0.3) is 5.91 Å². The Kier molecular flexibility index (Phi) is 2.55. The maximum absolute atomic E-state index is 13.4. The third kappa shape index (κ3) is 1.62. The summed E-state index contributed by atoms with van der Waals surface area (Å²) in [6.07, 6.45) is 0.163. The van der Waals surface area contributed by atoms with Gasteiger partial charge in [-0.2, -0.15) is 10.1 Å². The van der Waals surface area contributed by atoms with Gasteiger partial charge in [-0.25, -0.2) is 9.37 Å². The van der Waals surface area contributed by atoms with Crippen molar-refractivity contribution in [2.24, 2.45) is 5.10 Å². The number of carbonyl (C=O) groups excluding carboxylic acids is 1. The minimum Gasteiger partial charge on any atom is -0.384 e. The van der Waals surface area contributed by atoms with Crippen LogP contribution in [0.25, 0.3) is 0 Å². The highest BCUT2D eigenvalue weighted by atomic mass is 19.1. The molecule has 0 spiro atoms. The Morgan fingerprint density at radius 3 is 2.81 bits per heavy atom. The number of rotatable bonds is 2. The van der Waals surface area contributed by atoms with Gasteiger partial charge in [0.1, 0.15) is 5.82 Å². The summed E-state index contributed by atoms with van der Waals surface area (Å²) in [5.41, 5.74) is 6.08. The Bertz CT molecular complexity index is 443. The normalized spacial score (nSPS) is 20.1. The molecule has 1 aromatic heterocycles. The summed E-state index contributed by atoms with van der Waals surface area (Å²) < 4.78 is 13.4. The highest BCUT2D eigenvalue weighted by Crippen LogP contribution is 2.22. The number of aromatic nitrogens is 1. The number of halogens is 1. The van der Waals surface area contributed by atoms with Crippen LogP contribution in [0.4, 0.5) is 15.9 Å². The number of anilines is 2. The first kappa shape index (κ1) is 10.5. The van der Waals surface area contributed by atoms with Crippen molar-refractivity contribution in [3.05, 3.63) is 18.3 Å². The Labute approximate surface area is 91.8 Å². The van der Waals surface area contributed by atoms with E-state index in [9.17, 15) is 9.18 Å². The van der Waals surface area contributed by atoms with Crippen molar-refractivity contribution in [2.45, 2.75) is 19.5 Å². The Morgan fingerprint density at radius 1 is 1.56 bits per heavy atom. The van der Waals surface area contributed by atoms with Crippen molar-refractivity contribution in [1.82, 2.24) is 4.98 Å². The molecule has 0 saturated carbocycles. The van der Waals surface area contributed by atoms with Crippen LogP contribution in [-0.2, 0) is 4.79 Å². The van der Waals surface area contributed by atoms with Gasteiger partial charge in [0.15, 0.2) is 0 Å². The average Bonchev–Trinajstić information content (AvgIpc) is 2.57. The van der Waals surface area contributed by atoms with E-state index in [2.05, 4.69) is 10.1 Å². The lowest BCUT2D eigenvalue weighted by Crippen LogP contribution is -2.28. The molecule has 2 N–H and O–H groups in total. The molecule has 6 heteroatoms. The summed E-state index contributed by atoms with van der Waals surface area (Å²) in [5, 5.41) is 4.94. The molecular weight excluding hydrogens is 211 g/mol. The number of carbonyl (C=O) groups is 1. The Hall–Kier alpha value is -1.98. The maximum atomic E-state index is 13.4. The average molecular weight is 222 g/mol. The second kappa shape index (κ2) is 3.88. The van der Waals surface area contributed by atoms with E-state index in [0.717, 1.165) is 5.01 Å². The van der Waals surface area contributed by atoms with Gasteiger partial charge in [-0.15, -0.1) is 0 Å². The maximum Gasteiger partial charge on any atom is 0.287 e. The van der Waals surface area contributed by atoms with Gasteiger partial charge in [0, 0.05) is 0 Å². The van der Waals surface area contributed by atoms with Gasteiger partial charge in [-0.1, -0.05) is 6.92 Å². The number of nitrogens with two attached hydrogens (primary N) is 1. The van der Waals surface area contributed by atoms with E-state index >= 15 is 0 Å². The highest BCUT2D eigenvalue weighted by molar-refractivity contribution is 6.17. The van der Waals surface area contributed by atoms with Crippen LogP contribution in [0.1, 0.15) is 13.3 Å². The summed E-state index contributed by atoms with van der Waals surface area (Å²) in [5.74, 6) is -0.338. The fourth-order valence-electron chi connectivity index (χ4n) is 1.44. The van der Waals surface area contributed by atoms with Gasteiger partial charge in [0.05, 0.1) is 17.6 Å². The van der Waals surface area contributed by atoms with Crippen molar-refractivity contribution in [1.29, 1.82) is 0 Å². The van der Waals surface area contributed by atoms with E-state index < -0.39 is 12.1 Å². The first-order chi connectivity index (χ1) is 7.63. The van der Waals surface area contributed by atoms with Crippen LogP contribution in [0.15, 0.2) is 23.4 Å². The molecule has 0 bridgehead atoms. The van der Waals surface area contributed by atoms with E-state index in [-0.39, 0.29) is 5.71 Å². The Balaban J connectivity index is 2.32. The monoisotopic (exact) mass is 222 g/mol. The van der Waals surface area contributed by atoms with Gasteiger partial charge in [-0.05, 0) is 18.6 Å². The predicted molar refractivity (Wildman–Crippen MR) is 58.8 cm³/mol. The standard InChI is InChI=1S/C10H11FN4O/c1-2-7-9(11)10(16)15(14-7)6-3-4-8(12)13-5-6/h3-5,9H,2H2,1H3,(H2,12,13)/t9-/m1/s1. The van der Waals surface area contributed by atoms with Crippen LogP contribution < -0.4 is 10.7 Å². The number of hydrazone groups is 1. The number of hydrogen-bond acceptors (Lipinski definition) is 4. The molecule has 1 aromatic rings. The van der Waals surface area contributed by atoms with Gasteiger partial charge < -0.3 is 5.73 Å². The molecule has 1 aliphatic heterocycles. The van der Waals surface area contributed by atoms with E-state index in [1.165, 1.54) is 12.3 Å². The molecule has 16 heavy (non-hydrogen) atoms. The molecule has 1 aliphatic rings. The topological polar surface area (TPSA) is 71.6 Å². The summed E-state index contributed by atoms with van der Waals surface area (Å²) in [6.45, 7) is 1.75. The summed E-state index contributed by atoms with van der Waals surface area (Å²) >= 11 is 0. The molecule has 1 atom stereocenters. The van der Waals surface area contributed by atoms with Crippen molar-refractivity contribution in [3.63, 3.8) is 0 Å². The fraction of sp³-hybridized carbons (Fsp3) is 0.300. The lowest BCUT2D eigenvalue weighted by Gasteiger charge is -2.10. The van der Waals surface area contributed by atoms with Gasteiger partial charge in [-0.3, -0.25) is 4.79 Å². The quantitative estimate of drug-likeness (QED) is 0.814. The van der Waals surface area contributed by atoms with Crippen LogP contribution in [0.2, 0.25) is 0 Å². The molecule has 84 valence electrons. The molecule has 0 fully saturated rings. The highest BCUT2D eigenvalue weighted by Gasteiger charge is 2.35. The van der Waals surface area contributed by atoms with Crippen LogP contribution in [0, 0.1) is 0 Å². The van der Waals surface area contributed by atoms with Crippen molar-refractivity contribution in [2.75, 3.05) is 10.7 Å². The predicted octanol–water partition coefficient (Wildman–Crippen LogP) is 1.11. The third-order valence-electron chi connectivity index (χ3n) is 2.32. The second-order valence-electron chi connectivity index (χ2n) is 3.40. The van der Waals surface area contributed by atoms with E-state index in [1.807, 2.05) is 0 Å². The second-order valence-corrected chi connectivity index (χ2v) is 3.40. The summed E-state index contributed by atoms with van der Waals surface area (Å²) in [4.78, 5) is 15.4. The lowest BCUT2D eigenvalue weighted by molar-refractivity contribution is -0.120. The first-order valence-corrected chi connectivity index (χ1v) is 4.90. The molecule has 0 aromatic carbocycles. The molecule has 2 rings (SSSR count). The van der Waals surface area contributed by atoms with Crippen molar-refractivity contribution in [3.8, 4) is 0 Å². The fourth-order valence-corrected chi connectivity index (χ4v) is 1.44. The summed E-state index contributed by atoms with van der Waals surface area (Å²) in [6, 6.07) is 3.12. The lowest BCUT2D eigenvalue weighted by atomic mass is 10.2. The molecule has 2 heterocycles. The zero-order valence-electron chi connectivity index (χ0n) is 8.72. The number of nitrogens with zero attached hydrogens (tertiary/aromatic N) is 3. The van der Waals surface area contributed by atoms with E-state index in [4.69, 9.17) is 5.73 Å². The van der Waals surface area contributed by atoms with E-state index in [1.54, 1.807) is 13.0 Å². The number of nitrogen functional groups attached to an aromatic ring is 1. The first-order valence-electron chi connectivity index (χ1n) is 4.90. The van der Waals surface area contributed by atoms with Crippen LogP contribution >= 0.6 is 0 Å². The number of amides is 1. The largest absolute Gasteiger partial charge is 0.384 e. The number of hydrogen-bond donors (Lipinski definition) is 1. The zero-order chi connectivity index (χ0) is 11.7. The molecule has 0 radical (unpaired) electrons. The Morgan fingerprint density at radius 2 is 2.31 bits per heavy atom. The molecule has 1 amide bonds. The van der Waals surface area contributed by atoms with Crippen LogP contribution in [0.5, 0.6) is 0 Å². The SMILES string of the molecule is CCC1=NN(c2ccc(N)nc2)C(=O)[C@@H]1F. The van der Waals surface area contributed by atoms with Crippen molar-refractivity contribution >= 4 is 23.1 Å². The molecular formula is C10H11FN4O. The smallest absolute Gasteiger partial charge is 0.287 e. The van der Waals surface area contributed by atoms with Crippen molar-refractivity contribution < 1.29 is 9.18 Å². The minimum atomic E-state index is -1.64. The summed E-state index contributed by atoms with van der Waals surface area (Å²) in [7, 11) is 0. The minimum absolute atomic E-state index is 0.238. The van der Waals surface area contributed by atoms with E-state index in [0.29, 0.717) is 17.9 Å².